The number of fused-ring (bicyclic) bond motifs is 3. The zero-order valence-corrected chi connectivity index (χ0v) is 11.8. The smallest absolute Gasteiger partial charge is 0.365 e. The van der Waals surface area contributed by atoms with Crippen molar-refractivity contribution in [1.82, 2.24) is 4.98 Å². The molecule has 2 aromatic rings. The quantitative estimate of drug-likeness (QED) is 0.862. The number of hydrogen-bond donors (Lipinski definition) is 1. The van der Waals surface area contributed by atoms with Gasteiger partial charge in [-0.3, -0.25) is 0 Å². The molecule has 4 nitrogen and oxygen atoms in total. The van der Waals surface area contributed by atoms with Crippen LogP contribution in [0.3, 0.4) is 0 Å². The van der Waals surface area contributed by atoms with Crippen molar-refractivity contribution in [2.75, 3.05) is 6.61 Å². The molecule has 1 aromatic heterocycles. The van der Waals surface area contributed by atoms with Crippen LogP contribution >= 0.6 is 27.3 Å². The Morgan fingerprint density at radius 1 is 1.53 bits per heavy atom. The SMILES string of the molecule is O=C(O)c1nc2c(s1)CCOc1cc(F)c(Br)cc1-2. The number of aromatic nitrogens is 1. The van der Waals surface area contributed by atoms with Gasteiger partial charge in [-0.25, -0.2) is 14.2 Å². The number of carboxylic acid groups (broad SMARTS) is 1. The van der Waals surface area contributed by atoms with E-state index in [1.807, 2.05) is 0 Å². The summed E-state index contributed by atoms with van der Waals surface area (Å²) in [5.41, 5.74) is 1.18. The monoisotopic (exact) mass is 343 g/mol. The second kappa shape index (κ2) is 4.57. The van der Waals surface area contributed by atoms with Crippen LogP contribution in [0.15, 0.2) is 16.6 Å². The number of aromatic carboxylic acids is 1. The molecular formula is C12H7BrFNO3S. The second-order valence-corrected chi connectivity index (χ2v) is 5.89. The molecule has 0 bridgehead atoms. The molecule has 19 heavy (non-hydrogen) atoms. The Morgan fingerprint density at radius 2 is 2.32 bits per heavy atom. The third kappa shape index (κ3) is 2.12. The topological polar surface area (TPSA) is 59.4 Å². The molecule has 0 atom stereocenters. The standard InChI is InChI=1S/C12H7BrFNO3S/c13-6-3-5-8(4-7(6)14)18-2-1-9-10(5)15-11(19-9)12(16)17/h3-4H,1-2H2,(H,16,17). The van der Waals surface area contributed by atoms with E-state index in [2.05, 4.69) is 20.9 Å². The fraction of sp³-hybridized carbons (Fsp3) is 0.167. The Bertz CT molecular complexity index is 686. The van der Waals surface area contributed by atoms with Gasteiger partial charge in [-0.05, 0) is 22.0 Å². The minimum Gasteiger partial charge on any atom is -0.492 e. The van der Waals surface area contributed by atoms with Gasteiger partial charge in [0.05, 0.1) is 16.8 Å². The summed E-state index contributed by atoms with van der Waals surface area (Å²) in [5, 5.41) is 9.04. The van der Waals surface area contributed by atoms with Crippen molar-refractivity contribution in [2.24, 2.45) is 0 Å². The highest BCUT2D eigenvalue weighted by atomic mass is 79.9. The van der Waals surface area contributed by atoms with E-state index in [9.17, 15) is 9.18 Å². The van der Waals surface area contributed by atoms with E-state index in [1.54, 1.807) is 6.07 Å². The van der Waals surface area contributed by atoms with E-state index in [4.69, 9.17) is 9.84 Å². The number of nitrogens with zero attached hydrogens (tertiary/aromatic N) is 1. The highest BCUT2D eigenvalue weighted by Crippen LogP contribution is 2.39. The second-order valence-electron chi connectivity index (χ2n) is 3.96. The van der Waals surface area contributed by atoms with Gasteiger partial charge < -0.3 is 9.84 Å². The first-order valence-electron chi connectivity index (χ1n) is 5.41. The van der Waals surface area contributed by atoms with E-state index in [1.165, 1.54) is 6.07 Å². The lowest BCUT2D eigenvalue weighted by Gasteiger charge is -2.07. The van der Waals surface area contributed by atoms with Crippen molar-refractivity contribution in [3.63, 3.8) is 0 Å². The van der Waals surface area contributed by atoms with E-state index >= 15 is 0 Å². The Hall–Kier alpha value is -1.47. The van der Waals surface area contributed by atoms with Gasteiger partial charge in [0.15, 0.2) is 0 Å². The number of carboxylic acids is 1. The minimum absolute atomic E-state index is 0.0401. The molecule has 98 valence electrons. The van der Waals surface area contributed by atoms with Crippen LogP contribution in [0.4, 0.5) is 4.39 Å². The Balaban J connectivity index is 2.23. The van der Waals surface area contributed by atoms with Crippen molar-refractivity contribution >= 4 is 33.2 Å². The number of halogens is 2. The molecular weight excluding hydrogens is 337 g/mol. The Morgan fingerprint density at radius 3 is 3.05 bits per heavy atom. The lowest BCUT2D eigenvalue weighted by atomic mass is 10.1. The number of hydrogen-bond acceptors (Lipinski definition) is 4. The van der Waals surface area contributed by atoms with Crippen molar-refractivity contribution in [3.8, 4) is 17.0 Å². The molecule has 1 aliphatic heterocycles. The molecule has 0 amide bonds. The van der Waals surface area contributed by atoms with Crippen molar-refractivity contribution in [3.05, 3.63) is 32.3 Å². The van der Waals surface area contributed by atoms with Crippen LogP contribution in [0.1, 0.15) is 14.7 Å². The summed E-state index contributed by atoms with van der Waals surface area (Å²) in [6, 6.07) is 2.86. The molecule has 0 aliphatic carbocycles. The maximum absolute atomic E-state index is 13.5. The van der Waals surface area contributed by atoms with Crippen LogP contribution in [0.2, 0.25) is 0 Å². The molecule has 2 heterocycles. The molecule has 1 N–H and O–H groups in total. The number of thiazole rings is 1. The molecule has 0 radical (unpaired) electrons. The zero-order valence-electron chi connectivity index (χ0n) is 9.44. The first-order valence-corrected chi connectivity index (χ1v) is 7.02. The number of carbonyl (C=O) groups is 1. The molecule has 0 saturated carbocycles. The third-order valence-electron chi connectivity index (χ3n) is 2.74. The van der Waals surface area contributed by atoms with E-state index < -0.39 is 11.8 Å². The van der Waals surface area contributed by atoms with Gasteiger partial charge >= 0.3 is 5.97 Å². The summed E-state index contributed by atoms with van der Waals surface area (Å²) < 4.78 is 19.3. The number of rotatable bonds is 1. The summed E-state index contributed by atoms with van der Waals surface area (Å²) >= 11 is 4.25. The van der Waals surface area contributed by atoms with Crippen LogP contribution in [0, 0.1) is 5.82 Å². The average molecular weight is 344 g/mol. The maximum Gasteiger partial charge on any atom is 0.365 e. The molecule has 1 aliphatic rings. The largest absolute Gasteiger partial charge is 0.492 e. The summed E-state index contributed by atoms with van der Waals surface area (Å²) in [5.74, 6) is -1.08. The summed E-state index contributed by atoms with van der Waals surface area (Å²) in [6.45, 7) is 0.377. The summed E-state index contributed by atoms with van der Waals surface area (Å²) in [4.78, 5) is 15.9. The van der Waals surface area contributed by atoms with Gasteiger partial charge in [0.2, 0.25) is 5.01 Å². The van der Waals surface area contributed by atoms with E-state index in [0.717, 1.165) is 16.2 Å². The highest BCUT2D eigenvalue weighted by Gasteiger charge is 2.23. The maximum atomic E-state index is 13.5. The van der Waals surface area contributed by atoms with Crippen LogP contribution < -0.4 is 4.74 Å². The van der Waals surface area contributed by atoms with Crippen LogP contribution in [0.25, 0.3) is 11.3 Å². The van der Waals surface area contributed by atoms with Gasteiger partial charge in [0.25, 0.3) is 0 Å². The van der Waals surface area contributed by atoms with Gasteiger partial charge in [-0.15, -0.1) is 11.3 Å². The number of ether oxygens (including phenoxy) is 1. The lowest BCUT2D eigenvalue weighted by molar-refractivity contribution is 0.0696. The van der Waals surface area contributed by atoms with Gasteiger partial charge in [0, 0.05) is 22.9 Å². The minimum atomic E-state index is -1.05. The average Bonchev–Trinajstić information content (AvgIpc) is 2.71. The molecule has 0 fully saturated rings. The predicted molar refractivity (Wildman–Crippen MR) is 71.4 cm³/mol. The van der Waals surface area contributed by atoms with E-state index in [-0.39, 0.29) is 5.01 Å². The summed E-state index contributed by atoms with van der Waals surface area (Å²) in [7, 11) is 0. The highest BCUT2D eigenvalue weighted by molar-refractivity contribution is 9.10. The normalized spacial score (nSPS) is 13.2. The van der Waals surface area contributed by atoms with Gasteiger partial charge in [-0.2, -0.15) is 0 Å². The fourth-order valence-corrected chi connectivity index (χ4v) is 3.15. The van der Waals surface area contributed by atoms with Crippen LogP contribution in [-0.2, 0) is 6.42 Å². The predicted octanol–water partition coefficient (Wildman–Crippen LogP) is 3.34. The molecule has 0 unspecified atom stereocenters. The first-order chi connectivity index (χ1) is 9.06. The van der Waals surface area contributed by atoms with E-state index in [0.29, 0.717) is 34.5 Å². The van der Waals surface area contributed by atoms with Crippen LogP contribution in [-0.4, -0.2) is 22.7 Å². The van der Waals surface area contributed by atoms with Crippen molar-refractivity contribution in [1.29, 1.82) is 0 Å². The third-order valence-corrected chi connectivity index (χ3v) is 4.46. The lowest BCUT2D eigenvalue weighted by Crippen LogP contribution is -1.99. The van der Waals surface area contributed by atoms with Crippen molar-refractivity contribution < 1.29 is 19.0 Å². The molecule has 0 saturated heterocycles. The first kappa shape index (κ1) is 12.6. The zero-order chi connectivity index (χ0) is 13.6. The molecule has 7 heteroatoms. The number of benzene rings is 1. The van der Waals surface area contributed by atoms with Gasteiger partial charge in [0.1, 0.15) is 11.6 Å². The fourth-order valence-electron chi connectivity index (χ4n) is 1.91. The molecule has 1 aromatic carbocycles. The van der Waals surface area contributed by atoms with Crippen molar-refractivity contribution in [2.45, 2.75) is 6.42 Å². The Labute approximate surface area is 120 Å². The van der Waals surface area contributed by atoms with Crippen LogP contribution in [0.5, 0.6) is 5.75 Å². The summed E-state index contributed by atoms with van der Waals surface area (Å²) in [6.07, 6.45) is 0.564. The van der Waals surface area contributed by atoms with Gasteiger partial charge in [-0.1, -0.05) is 0 Å². The molecule has 0 spiro atoms. The molecule has 3 rings (SSSR count). The Kier molecular flexibility index (Phi) is 3.02.